The fourth-order valence-electron chi connectivity index (χ4n) is 2.32. The summed E-state index contributed by atoms with van der Waals surface area (Å²) in [5, 5.41) is 0. The van der Waals surface area contributed by atoms with Gasteiger partial charge in [-0.2, -0.15) is 0 Å². The Morgan fingerprint density at radius 3 is 2.29 bits per heavy atom. The Kier molecular flexibility index (Phi) is 5.16. The Bertz CT molecular complexity index is 321. The highest BCUT2D eigenvalue weighted by atomic mass is 15.2. The summed E-state index contributed by atoms with van der Waals surface area (Å²) in [5.41, 5.74) is 7.40. The van der Waals surface area contributed by atoms with Crippen LogP contribution in [0.1, 0.15) is 32.8 Å². The van der Waals surface area contributed by atoms with Crippen LogP contribution in [0.2, 0.25) is 0 Å². The van der Waals surface area contributed by atoms with Gasteiger partial charge in [0.25, 0.3) is 0 Å². The Hall–Kier alpha value is -0.860. The molecular formula is C15H26N2. The van der Waals surface area contributed by atoms with E-state index >= 15 is 0 Å². The van der Waals surface area contributed by atoms with Crippen LogP contribution in [0.15, 0.2) is 30.3 Å². The van der Waals surface area contributed by atoms with Crippen LogP contribution in [-0.2, 0) is 6.54 Å². The van der Waals surface area contributed by atoms with Crippen LogP contribution in [0.4, 0.5) is 0 Å². The van der Waals surface area contributed by atoms with Gasteiger partial charge in [-0.25, -0.2) is 0 Å². The lowest BCUT2D eigenvalue weighted by Gasteiger charge is -2.39. The minimum atomic E-state index is 0.0873. The van der Waals surface area contributed by atoms with Gasteiger partial charge in [-0.15, -0.1) is 0 Å². The van der Waals surface area contributed by atoms with Crippen LogP contribution in [0.5, 0.6) is 0 Å². The van der Waals surface area contributed by atoms with E-state index < -0.39 is 0 Å². The van der Waals surface area contributed by atoms with E-state index in [1.165, 1.54) is 5.56 Å². The van der Waals surface area contributed by atoms with Gasteiger partial charge >= 0.3 is 0 Å². The minimum absolute atomic E-state index is 0.0873. The van der Waals surface area contributed by atoms with Crippen LogP contribution in [0, 0.1) is 5.92 Å². The lowest BCUT2D eigenvalue weighted by atomic mass is 9.89. The Labute approximate surface area is 106 Å². The van der Waals surface area contributed by atoms with Crippen molar-refractivity contribution in [1.29, 1.82) is 0 Å². The van der Waals surface area contributed by atoms with Crippen LogP contribution in [0.25, 0.3) is 0 Å². The van der Waals surface area contributed by atoms with Gasteiger partial charge in [0.15, 0.2) is 0 Å². The quantitative estimate of drug-likeness (QED) is 0.820. The van der Waals surface area contributed by atoms with Gasteiger partial charge in [0.1, 0.15) is 0 Å². The Morgan fingerprint density at radius 1 is 1.24 bits per heavy atom. The summed E-state index contributed by atoms with van der Waals surface area (Å²) in [6, 6.07) is 10.6. The second-order valence-corrected chi connectivity index (χ2v) is 5.64. The number of rotatable bonds is 6. The second-order valence-electron chi connectivity index (χ2n) is 5.64. The predicted octanol–water partition coefficient (Wildman–Crippen LogP) is 2.88. The smallest absolute Gasteiger partial charge is 0.0306 e. The van der Waals surface area contributed by atoms with Gasteiger partial charge in [-0.1, -0.05) is 44.2 Å². The van der Waals surface area contributed by atoms with Crippen molar-refractivity contribution in [2.45, 2.75) is 39.3 Å². The molecule has 0 heterocycles. The number of benzene rings is 1. The van der Waals surface area contributed by atoms with Crippen molar-refractivity contribution < 1.29 is 0 Å². The number of hydrogen-bond acceptors (Lipinski definition) is 2. The molecule has 0 saturated carbocycles. The van der Waals surface area contributed by atoms with Crippen molar-refractivity contribution in [3.8, 4) is 0 Å². The molecule has 0 fully saturated rings. The third-order valence-electron chi connectivity index (χ3n) is 3.47. The summed E-state index contributed by atoms with van der Waals surface area (Å²) in [6.45, 7) is 8.43. The molecule has 17 heavy (non-hydrogen) atoms. The molecule has 0 aliphatic rings. The molecule has 0 aliphatic heterocycles. The first-order chi connectivity index (χ1) is 7.98. The standard InChI is InChI=1S/C15H26N2/c1-13(2)10-15(3,12-16)17(4)11-14-8-6-5-7-9-14/h5-9,13H,10-12,16H2,1-4H3. The van der Waals surface area contributed by atoms with Crippen molar-refractivity contribution in [2.24, 2.45) is 11.7 Å². The van der Waals surface area contributed by atoms with Gasteiger partial charge < -0.3 is 5.73 Å². The molecule has 1 unspecified atom stereocenters. The average Bonchev–Trinajstić information content (AvgIpc) is 2.29. The van der Waals surface area contributed by atoms with E-state index in [2.05, 4.69) is 63.1 Å². The fourth-order valence-corrected chi connectivity index (χ4v) is 2.32. The fraction of sp³-hybridized carbons (Fsp3) is 0.600. The molecule has 1 aromatic rings. The molecule has 2 N–H and O–H groups in total. The van der Waals surface area contributed by atoms with Crippen LogP contribution >= 0.6 is 0 Å². The Morgan fingerprint density at radius 2 is 1.82 bits per heavy atom. The summed E-state index contributed by atoms with van der Waals surface area (Å²) < 4.78 is 0. The summed E-state index contributed by atoms with van der Waals surface area (Å²) in [5.74, 6) is 0.668. The normalized spacial score (nSPS) is 15.2. The van der Waals surface area contributed by atoms with Gasteiger partial charge in [0.05, 0.1) is 0 Å². The SMILES string of the molecule is CC(C)CC(C)(CN)N(C)Cc1ccccc1. The van der Waals surface area contributed by atoms with E-state index in [0.29, 0.717) is 12.5 Å². The van der Waals surface area contributed by atoms with E-state index in [0.717, 1.165) is 13.0 Å². The molecule has 0 bridgehead atoms. The molecule has 0 radical (unpaired) electrons. The maximum atomic E-state index is 5.97. The molecule has 0 amide bonds. The number of hydrogen-bond donors (Lipinski definition) is 1. The van der Waals surface area contributed by atoms with Crippen LogP contribution in [-0.4, -0.2) is 24.0 Å². The van der Waals surface area contributed by atoms with Crippen molar-refractivity contribution in [3.63, 3.8) is 0 Å². The Balaban J connectivity index is 2.69. The van der Waals surface area contributed by atoms with Gasteiger partial charge in [0.2, 0.25) is 0 Å². The minimum Gasteiger partial charge on any atom is -0.329 e. The van der Waals surface area contributed by atoms with Gasteiger partial charge in [-0.3, -0.25) is 4.90 Å². The van der Waals surface area contributed by atoms with E-state index in [1.54, 1.807) is 0 Å². The number of nitrogens with two attached hydrogens (primary N) is 1. The van der Waals surface area contributed by atoms with Gasteiger partial charge in [-0.05, 0) is 31.9 Å². The van der Waals surface area contributed by atoms with Crippen LogP contribution < -0.4 is 5.73 Å². The topological polar surface area (TPSA) is 29.3 Å². The molecular weight excluding hydrogens is 208 g/mol. The maximum Gasteiger partial charge on any atom is 0.0306 e. The van der Waals surface area contributed by atoms with E-state index in [-0.39, 0.29) is 5.54 Å². The third-order valence-corrected chi connectivity index (χ3v) is 3.47. The molecule has 2 nitrogen and oxygen atoms in total. The highest BCUT2D eigenvalue weighted by molar-refractivity contribution is 5.14. The summed E-state index contributed by atoms with van der Waals surface area (Å²) in [7, 11) is 2.17. The molecule has 1 atom stereocenters. The van der Waals surface area contributed by atoms with E-state index in [4.69, 9.17) is 5.73 Å². The van der Waals surface area contributed by atoms with Crippen molar-refractivity contribution in [3.05, 3.63) is 35.9 Å². The predicted molar refractivity (Wildman–Crippen MR) is 74.8 cm³/mol. The molecule has 2 heteroatoms. The molecule has 0 spiro atoms. The molecule has 0 aromatic heterocycles. The number of likely N-dealkylation sites (N-methyl/N-ethyl adjacent to an activating group) is 1. The van der Waals surface area contributed by atoms with E-state index in [1.807, 2.05) is 0 Å². The maximum absolute atomic E-state index is 5.97. The van der Waals surface area contributed by atoms with Gasteiger partial charge in [0, 0.05) is 18.6 Å². The molecule has 1 rings (SSSR count). The summed E-state index contributed by atoms with van der Waals surface area (Å²) in [6.07, 6.45) is 1.13. The van der Waals surface area contributed by atoms with Crippen molar-refractivity contribution in [2.75, 3.05) is 13.6 Å². The average molecular weight is 234 g/mol. The zero-order valence-corrected chi connectivity index (χ0v) is 11.6. The first kappa shape index (κ1) is 14.2. The molecule has 96 valence electrons. The second kappa shape index (κ2) is 6.18. The van der Waals surface area contributed by atoms with Crippen LogP contribution in [0.3, 0.4) is 0 Å². The van der Waals surface area contributed by atoms with Crippen molar-refractivity contribution >= 4 is 0 Å². The molecule has 0 aliphatic carbocycles. The highest BCUT2D eigenvalue weighted by Gasteiger charge is 2.28. The first-order valence-corrected chi connectivity index (χ1v) is 6.43. The highest BCUT2D eigenvalue weighted by Crippen LogP contribution is 2.23. The van der Waals surface area contributed by atoms with Crippen molar-refractivity contribution in [1.82, 2.24) is 4.90 Å². The lowest BCUT2D eigenvalue weighted by molar-refractivity contribution is 0.111. The monoisotopic (exact) mass is 234 g/mol. The molecule has 0 saturated heterocycles. The first-order valence-electron chi connectivity index (χ1n) is 6.43. The third kappa shape index (κ3) is 4.14. The lowest BCUT2D eigenvalue weighted by Crippen LogP contribution is -2.50. The summed E-state index contributed by atoms with van der Waals surface area (Å²) >= 11 is 0. The molecule has 1 aromatic carbocycles. The number of nitrogens with zero attached hydrogens (tertiary/aromatic N) is 1. The zero-order valence-electron chi connectivity index (χ0n) is 11.6. The van der Waals surface area contributed by atoms with E-state index in [9.17, 15) is 0 Å². The largest absolute Gasteiger partial charge is 0.329 e. The zero-order chi connectivity index (χ0) is 12.9. The summed E-state index contributed by atoms with van der Waals surface area (Å²) in [4.78, 5) is 2.38.